The second-order valence-electron chi connectivity index (χ2n) is 9.47. The molecule has 0 heterocycles. The Hall–Kier alpha value is -1.97. The van der Waals surface area contributed by atoms with Crippen molar-refractivity contribution in [2.45, 2.75) is 75.8 Å². The van der Waals surface area contributed by atoms with Crippen molar-refractivity contribution in [1.29, 1.82) is 0 Å². The molecule has 0 unspecified atom stereocenters. The van der Waals surface area contributed by atoms with Gasteiger partial charge in [-0.3, -0.25) is 9.52 Å². The topological polar surface area (TPSA) is 95.5 Å². The molecule has 0 aliphatic heterocycles. The van der Waals surface area contributed by atoms with Gasteiger partial charge in [0.25, 0.3) is 0 Å². The Labute approximate surface area is 174 Å². The van der Waals surface area contributed by atoms with Crippen LogP contribution in [0.3, 0.4) is 0 Å². The van der Waals surface area contributed by atoms with Crippen molar-refractivity contribution < 1.29 is 31.5 Å². The summed E-state index contributed by atoms with van der Waals surface area (Å²) < 4.78 is 66.4. The molecule has 3 N–H and O–H groups in total. The molecule has 0 saturated heterocycles. The van der Waals surface area contributed by atoms with Crippen molar-refractivity contribution in [3.63, 3.8) is 0 Å². The fourth-order valence-electron chi connectivity index (χ4n) is 4.19. The molecule has 3 fully saturated rings. The number of carbonyl (C=O) groups is 1. The molecular formula is C20H27F3N2O4S. The largest absolute Gasteiger partial charge is 0.481 e. The zero-order valence-corrected chi connectivity index (χ0v) is 18.0. The lowest BCUT2D eigenvalue weighted by Crippen LogP contribution is -2.53. The molecule has 0 atom stereocenters. The van der Waals surface area contributed by atoms with E-state index in [2.05, 4.69) is 10.0 Å². The van der Waals surface area contributed by atoms with Crippen LogP contribution in [0.5, 0.6) is 0 Å². The molecule has 0 spiro atoms. The van der Waals surface area contributed by atoms with E-state index in [9.17, 15) is 31.5 Å². The van der Waals surface area contributed by atoms with E-state index in [1.54, 1.807) is 0 Å². The standard InChI is InChI=1S/C20H27F3N2O4S/c1-17(2,3)30(28,29)25-14-5-4-13(20(21,22)23)12-15(14)24-19-9-6-18(7-10-19,8-11-19)16(26)27/h4-5,12,24-25H,6-11H2,1-3H3,(H,26,27). The molecule has 1 aromatic rings. The number of fused-ring (bicyclic) bond motifs is 3. The summed E-state index contributed by atoms with van der Waals surface area (Å²) in [6, 6.07) is 2.89. The normalized spacial score (nSPS) is 27.0. The van der Waals surface area contributed by atoms with Crippen LogP contribution < -0.4 is 10.0 Å². The van der Waals surface area contributed by atoms with Gasteiger partial charge in [-0.1, -0.05) is 0 Å². The molecule has 0 radical (unpaired) electrons. The summed E-state index contributed by atoms with van der Waals surface area (Å²) >= 11 is 0. The van der Waals surface area contributed by atoms with Crippen molar-refractivity contribution in [3.8, 4) is 0 Å². The van der Waals surface area contributed by atoms with Crippen molar-refractivity contribution in [1.82, 2.24) is 0 Å². The van der Waals surface area contributed by atoms with Gasteiger partial charge in [0.05, 0.1) is 27.1 Å². The lowest BCUT2D eigenvalue weighted by Gasteiger charge is -2.52. The molecule has 0 amide bonds. The first kappa shape index (κ1) is 22.7. The first-order chi connectivity index (χ1) is 13.6. The van der Waals surface area contributed by atoms with E-state index < -0.39 is 43.4 Å². The highest BCUT2D eigenvalue weighted by Gasteiger charge is 2.52. The number of alkyl halides is 3. The van der Waals surface area contributed by atoms with Crippen molar-refractivity contribution >= 4 is 27.4 Å². The average molecular weight is 449 g/mol. The summed E-state index contributed by atoms with van der Waals surface area (Å²) in [5.41, 5.74) is -2.08. The van der Waals surface area contributed by atoms with Crippen LogP contribution in [0.1, 0.15) is 64.9 Å². The zero-order chi connectivity index (χ0) is 22.6. The van der Waals surface area contributed by atoms with Gasteiger partial charge in [-0.2, -0.15) is 13.2 Å². The lowest BCUT2D eigenvalue weighted by molar-refractivity contribution is -0.155. The van der Waals surface area contributed by atoms with Gasteiger partial charge >= 0.3 is 12.1 Å². The predicted octanol–water partition coefficient (Wildman–Crippen LogP) is 4.84. The number of hydrogen-bond donors (Lipinski definition) is 3. The summed E-state index contributed by atoms with van der Waals surface area (Å²) in [4.78, 5) is 11.6. The Bertz CT molecular complexity index is 927. The minimum absolute atomic E-state index is 0.0490. The van der Waals surface area contributed by atoms with Gasteiger partial charge in [0.2, 0.25) is 10.0 Å². The smallest absolute Gasteiger partial charge is 0.416 e. The number of aliphatic carboxylic acids is 1. The van der Waals surface area contributed by atoms with E-state index in [1.807, 2.05) is 0 Å². The van der Waals surface area contributed by atoms with Crippen LogP contribution in [0.2, 0.25) is 0 Å². The molecule has 6 nitrogen and oxygen atoms in total. The molecular weight excluding hydrogens is 421 g/mol. The van der Waals surface area contributed by atoms with E-state index in [0.717, 1.165) is 18.2 Å². The van der Waals surface area contributed by atoms with Crippen LogP contribution in [0.4, 0.5) is 24.5 Å². The number of rotatable bonds is 5. The van der Waals surface area contributed by atoms with E-state index in [1.165, 1.54) is 20.8 Å². The minimum Gasteiger partial charge on any atom is -0.481 e. The maximum absolute atomic E-state index is 13.3. The molecule has 1 aromatic carbocycles. The highest BCUT2D eigenvalue weighted by molar-refractivity contribution is 7.94. The van der Waals surface area contributed by atoms with Gasteiger partial charge in [0.15, 0.2) is 0 Å². The van der Waals surface area contributed by atoms with E-state index in [0.29, 0.717) is 38.5 Å². The van der Waals surface area contributed by atoms with E-state index in [4.69, 9.17) is 0 Å². The number of hydrogen-bond acceptors (Lipinski definition) is 4. The summed E-state index contributed by atoms with van der Waals surface area (Å²) in [6.07, 6.45) is -1.75. The Morgan fingerprint density at radius 1 is 1.00 bits per heavy atom. The number of carboxylic acid groups (broad SMARTS) is 1. The maximum atomic E-state index is 13.3. The Balaban J connectivity index is 1.95. The third-order valence-electron chi connectivity index (χ3n) is 6.50. The van der Waals surface area contributed by atoms with Crippen molar-refractivity contribution in [2.24, 2.45) is 5.41 Å². The molecule has 3 aliphatic rings. The Morgan fingerprint density at radius 3 is 1.97 bits per heavy atom. The van der Waals surface area contributed by atoms with E-state index >= 15 is 0 Å². The maximum Gasteiger partial charge on any atom is 0.416 e. The quantitative estimate of drug-likeness (QED) is 0.599. The number of nitrogens with one attached hydrogen (secondary N) is 2. The van der Waals surface area contributed by atoms with Crippen molar-refractivity contribution in [3.05, 3.63) is 23.8 Å². The third kappa shape index (κ3) is 4.10. The fourth-order valence-corrected chi connectivity index (χ4v) is 4.96. The van der Waals surface area contributed by atoms with Gasteiger partial charge in [-0.15, -0.1) is 0 Å². The summed E-state index contributed by atoms with van der Waals surface area (Å²) in [5, 5.41) is 12.7. The fraction of sp³-hybridized carbons (Fsp3) is 0.650. The number of anilines is 2. The van der Waals surface area contributed by atoms with Crippen LogP contribution in [-0.2, 0) is 21.0 Å². The molecule has 30 heavy (non-hydrogen) atoms. The summed E-state index contributed by atoms with van der Waals surface area (Å²) in [7, 11) is -3.85. The van der Waals surface area contributed by atoms with Crippen LogP contribution in [0.15, 0.2) is 18.2 Å². The second kappa shape index (κ2) is 7.03. The first-order valence-electron chi connectivity index (χ1n) is 9.85. The van der Waals surface area contributed by atoms with E-state index in [-0.39, 0.29) is 11.4 Å². The van der Waals surface area contributed by atoms with Crippen LogP contribution in [0, 0.1) is 5.41 Å². The van der Waals surface area contributed by atoms with Gasteiger partial charge < -0.3 is 10.4 Å². The molecule has 10 heteroatoms. The zero-order valence-electron chi connectivity index (χ0n) is 17.2. The van der Waals surface area contributed by atoms with Crippen molar-refractivity contribution in [2.75, 3.05) is 10.0 Å². The Kier molecular flexibility index (Phi) is 5.32. The van der Waals surface area contributed by atoms with Crippen LogP contribution in [0.25, 0.3) is 0 Å². The summed E-state index contributed by atoms with van der Waals surface area (Å²) in [6.45, 7) is 4.50. The minimum atomic E-state index is -4.58. The molecule has 2 bridgehead atoms. The van der Waals surface area contributed by atoms with Crippen LogP contribution in [-0.4, -0.2) is 29.8 Å². The number of sulfonamides is 1. The first-order valence-corrected chi connectivity index (χ1v) is 11.3. The highest BCUT2D eigenvalue weighted by Crippen LogP contribution is 2.54. The Morgan fingerprint density at radius 2 is 1.53 bits per heavy atom. The van der Waals surface area contributed by atoms with Gasteiger partial charge in [-0.25, -0.2) is 8.42 Å². The third-order valence-corrected chi connectivity index (χ3v) is 8.60. The highest BCUT2D eigenvalue weighted by atomic mass is 32.2. The number of halogens is 3. The number of carboxylic acids is 1. The number of benzene rings is 1. The molecule has 3 saturated carbocycles. The second-order valence-corrected chi connectivity index (χ2v) is 11.9. The molecule has 168 valence electrons. The van der Waals surface area contributed by atoms with Crippen LogP contribution >= 0.6 is 0 Å². The monoisotopic (exact) mass is 448 g/mol. The van der Waals surface area contributed by atoms with Gasteiger partial charge in [0.1, 0.15) is 0 Å². The molecule has 4 rings (SSSR count). The van der Waals surface area contributed by atoms with Gasteiger partial charge in [-0.05, 0) is 77.5 Å². The molecule has 0 aromatic heterocycles. The summed E-state index contributed by atoms with van der Waals surface area (Å²) in [5.74, 6) is -0.825. The predicted molar refractivity (Wildman–Crippen MR) is 108 cm³/mol. The average Bonchev–Trinajstić information content (AvgIpc) is 2.62. The van der Waals surface area contributed by atoms with Gasteiger partial charge in [0, 0.05) is 5.54 Å². The molecule has 3 aliphatic carbocycles. The SMILES string of the molecule is CC(C)(C)S(=O)(=O)Nc1ccc(C(F)(F)F)cc1NC12CCC(C(=O)O)(CC1)CC2. The lowest BCUT2D eigenvalue weighted by atomic mass is 9.57.